The van der Waals surface area contributed by atoms with Gasteiger partial charge in [0.15, 0.2) is 0 Å². The molecule has 1 amide bonds. The molecule has 1 atom stereocenters. The fourth-order valence-corrected chi connectivity index (χ4v) is 0.478. The van der Waals surface area contributed by atoms with Crippen molar-refractivity contribution in [2.75, 3.05) is 6.61 Å². The van der Waals surface area contributed by atoms with Gasteiger partial charge in [-0.25, -0.2) is 0 Å². The number of primary amides is 1. The van der Waals surface area contributed by atoms with Crippen molar-refractivity contribution in [3.8, 4) is 0 Å². The highest BCUT2D eigenvalue weighted by Crippen LogP contribution is 1.92. The summed E-state index contributed by atoms with van der Waals surface area (Å²) in [4.78, 5) is 20.8. The van der Waals surface area contributed by atoms with E-state index in [4.69, 9.17) is 5.11 Å². The lowest BCUT2D eigenvalue weighted by Crippen LogP contribution is -2.30. The predicted molar refractivity (Wildman–Crippen MR) is 36.5 cm³/mol. The number of aliphatic hydroxyl groups is 1. The number of rotatable bonds is 4. The number of esters is 1. The molecule has 0 saturated carbocycles. The second-order valence-electron chi connectivity index (χ2n) is 1.93. The number of carbonyl (C=O) groups is 2. The van der Waals surface area contributed by atoms with E-state index in [2.05, 4.69) is 10.5 Å². The molecule has 0 aliphatic carbocycles. The summed E-state index contributed by atoms with van der Waals surface area (Å²) in [5, 5.41) is 8.75. The highest BCUT2D eigenvalue weighted by Gasteiger charge is 2.15. The number of carbonyl (C=O) groups excluding carboxylic acids is 2. The van der Waals surface area contributed by atoms with Crippen molar-refractivity contribution in [3.05, 3.63) is 0 Å². The van der Waals surface area contributed by atoms with Crippen LogP contribution in [0, 0.1) is 0 Å². The van der Waals surface area contributed by atoms with Crippen LogP contribution in [-0.4, -0.2) is 29.7 Å². The van der Waals surface area contributed by atoms with E-state index in [9.17, 15) is 9.59 Å². The van der Waals surface area contributed by atoms with Crippen LogP contribution in [0.15, 0.2) is 0 Å². The normalized spacial score (nSPS) is 12.2. The van der Waals surface area contributed by atoms with Gasteiger partial charge in [-0.05, 0) is 6.92 Å². The molecule has 0 aliphatic rings. The third-order valence-corrected chi connectivity index (χ3v) is 0.994. The monoisotopic (exact) mass is 161 g/mol. The van der Waals surface area contributed by atoms with Crippen LogP contribution < -0.4 is 5.73 Å². The van der Waals surface area contributed by atoms with Gasteiger partial charge in [-0.15, -0.1) is 0 Å². The van der Waals surface area contributed by atoms with Gasteiger partial charge < -0.3 is 15.6 Å². The lowest BCUT2D eigenvalue weighted by atomic mass is 10.2. The maximum Gasteiger partial charge on any atom is 0.308 e. The van der Waals surface area contributed by atoms with E-state index >= 15 is 0 Å². The third-order valence-electron chi connectivity index (χ3n) is 0.994. The fraction of sp³-hybridized carbons (Fsp3) is 0.667. The van der Waals surface area contributed by atoms with Crippen LogP contribution in [0.25, 0.3) is 0 Å². The molecule has 0 fully saturated rings. The predicted octanol–water partition coefficient (Wildman–Crippen LogP) is -1.21. The highest BCUT2D eigenvalue weighted by atomic mass is 16.5. The fourth-order valence-electron chi connectivity index (χ4n) is 0.478. The van der Waals surface area contributed by atoms with Crippen LogP contribution in [0.4, 0.5) is 0 Å². The van der Waals surface area contributed by atoms with Gasteiger partial charge in [0.1, 0.15) is 6.10 Å². The van der Waals surface area contributed by atoms with Crippen LogP contribution >= 0.6 is 0 Å². The second kappa shape index (κ2) is 4.68. The van der Waals surface area contributed by atoms with Gasteiger partial charge in [0, 0.05) is 0 Å². The van der Waals surface area contributed by atoms with Gasteiger partial charge in [0.05, 0.1) is 13.0 Å². The Hall–Kier alpha value is -1.10. The Kier molecular flexibility index (Phi) is 4.21. The minimum atomic E-state index is -1.44. The number of ether oxygens (including phenoxy) is 1. The molecule has 5 heteroatoms. The van der Waals surface area contributed by atoms with Crippen molar-refractivity contribution < 1.29 is 19.4 Å². The summed E-state index contributed by atoms with van der Waals surface area (Å²) in [6.07, 6.45) is -1.81. The molecule has 0 aromatic rings. The number of aliphatic hydroxyl groups excluding tert-OH is 1. The number of nitrogens with two attached hydrogens (primary N) is 1. The first-order valence-electron chi connectivity index (χ1n) is 3.21. The van der Waals surface area contributed by atoms with Crippen molar-refractivity contribution in [2.45, 2.75) is 19.4 Å². The Balaban J connectivity index is 3.66. The Morgan fingerprint density at radius 3 is 2.55 bits per heavy atom. The van der Waals surface area contributed by atoms with Gasteiger partial charge in [-0.3, -0.25) is 9.59 Å². The van der Waals surface area contributed by atoms with Crippen LogP contribution in [0.5, 0.6) is 0 Å². The Labute approximate surface area is 64.1 Å². The van der Waals surface area contributed by atoms with Crippen molar-refractivity contribution in [3.63, 3.8) is 0 Å². The van der Waals surface area contributed by atoms with Crippen LogP contribution in [0.2, 0.25) is 0 Å². The van der Waals surface area contributed by atoms with Gasteiger partial charge in [0.2, 0.25) is 5.91 Å². The zero-order chi connectivity index (χ0) is 8.85. The minimum Gasteiger partial charge on any atom is -0.466 e. The second-order valence-corrected chi connectivity index (χ2v) is 1.93. The molecule has 0 bridgehead atoms. The molecule has 0 saturated heterocycles. The van der Waals surface area contributed by atoms with Gasteiger partial charge >= 0.3 is 5.97 Å². The topological polar surface area (TPSA) is 89.6 Å². The molecule has 0 unspecified atom stereocenters. The summed E-state index contributed by atoms with van der Waals surface area (Å²) in [6, 6.07) is 0. The summed E-state index contributed by atoms with van der Waals surface area (Å²) in [5.41, 5.74) is 4.68. The summed E-state index contributed by atoms with van der Waals surface area (Å²) in [6.45, 7) is 1.86. The first-order chi connectivity index (χ1) is 5.07. The van der Waals surface area contributed by atoms with Gasteiger partial charge in [0.25, 0.3) is 0 Å². The maximum atomic E-state index is 10.6. The average molecular weight is 161 g/mol. The smallest absolute Gasteiger partial charge is 0.308 e. The summed E-state index contributed by atoms with van der Waals surface area (Å²) in [5.74, 6) is -1.54. The van der Waals surface area contributed by atoms with E-state index < -0.39 is 18.0 Å². The molecule has 3 N–H and O–H groups in total. The first-order valence-corrected chi connectivity index (χ1v) is 3.21. The standard InChI is InChI=1S/C6H11NO4/c1-2-11-5(9)3-4(8)6(7)10/h4,8H,2-3H2,1H3,(H2,7,10)/t4-/m1/s1. The highest BCUT2D eigenvalue weighted by molar-refractivity contribution is 5.84. The largest absolute Gasteiger partial charge is 0.466 e. The Morgan fingerprint density at radius 1 is 1.64 bits per heavy atom. The molecule has 0 rings (SSSR count). The van der Waals surface area contributed by atoms with E-state index in [0.29, 0.717) is 0 Å². The maximum absolute atomic E-state index is 10.6. The van der Waals surface area contributed by atoms with Crippen LogP contribution in [0.1, 0.15) is 13.3 Å². The Morgan fingerprint density at radius 2 is 2.18 bits per heavy atom. The van der Waals surface area contributed by atoms with E-state index in [1.165, 1.54) is 0 Å². The Bertz CT molecular complexity index is 157. The average Bonchev–Trinajstić information content (AvgIpc) is 1.87. The van der Waals surface area contributed by atoms with E-state index in [1.54, 1.807) is 6.92 Å². The molecule has 0 heterocycles. The van der Waals surface area contributed by atoms with Gasteiger partial charge in [-0.2, -0.15) is 0 Å². The van der Waals surface area contributed by atoms with Crippen molar-refractivity contribution in [2.24, 2.45) is 5.73 Å². The van der Waals surface area contributed by atoms with E-state index in [0.717, 1.165) is 0 Å². The lowest BCUT2D eigenvalue weighted by molar-refractivity contribution is -0.148. The summed E-state index contributed by atoms with van der Waals surface area (Å²) < 4.78 is 4.46. The molecule has 0 radical (unpaired) electrons. The molecule has 5 nitrogen and oxygen atoms in total. The zero-order valence-electron chi connectivity index (χ0n) is 6.24. The zero-order valence-corrected chi connectivity index (χ0v) is 6.24. The summed E-state index contributed by atoms with van der Waals surface area (Å²) in [7, 11) is 0. The quantitative estimate of drug-likeness (QED) is 0.506. The van der Waals surface area contributed by atoms with E-state index in [-0.39, 0.29) is 13.0 Å². The lowest BCUT2D eigenvalue weighted by Gasteiger charge is -2.04. The van der Waals surface area contributed by atoms with Crippen LogP contribution in [0.3, 0.4) is 0 Å². The van der Waals surface area contributed by atoms with Gasteiger partial charge in [-0.1, -0.05) is 0 Å². The molecule has 0 aromatic heterocycles. The van der Waals surface area contributed by atoms with Crippen molar-refractivity contribution in [1.82, 2.24) is 0 Å². The molecule has 11 heavy (non-hydrogen) atoms. The number of hydrogen-bond donors (Lipinski definition) is 2. The third kappa shape index (κ3) is 4.32. The van der Waals surface area contributed by atoms with E-state index in [1.807, 2.05) is 0 Å². The molecule has 0 aromatic carbocycles. The van der Waals surface area contributed by atoms with Crippen LogP contribution in [-0.2, 0) is 14.3 Å². The summed E-state index contributed by atoms with van der Waals surface area (Å²) >= 11 is 0. The number of amides is 1. The minimum absolute atomic E-state index is 0.227. The molecular weight excluding hydrogens is 150 g/mol. The van der Waals surface area contributed by atoms with Crippen molar-refractivity contribution in [1.29, 1.82) is 0 Å². The SMILES string of the molecule is CCOC(=O)C[C@@H](O)C(N)=O. The molecule has 64 valence electrons. The number of hydrogen-bond acceptors (Lipinski definition) is 4. The molecule has 0 aliphatic heterocycles. The first kappa shape index (κ1) is 9.90. The molecule has 0 spiro atoms. The van der Waals surface area contributed by atoms with Crippen molar-refractivity contribution >= 4 is 11.9 Å². The molecular formula is C6H11NO4.